The Hall–Kier alpha value is -1.87. The van der Waals surface area contributed by atoms with Crippen LogP contribution in [0.1, 0.15) is 0 Å². The van der Waals surface area contributed by atoms with Crippen LogP contribution < -0.4 is 4.90 Å². The van der Waals surface area contributed by atoms with Crippen LogP contribution in [0.25, 0.3) is 22.0 Å². The summed E-state index contributed by atoms with van der Waals surface area (Å²) < 4.78 is 0. The molecular weight excluding hydrogens is 240 g/mol. The normalized spacial score (nSPS) is 10.8. The molecule has 3 rings (SSSR count). The number of fused-ring (bicyclic) bond motifs is 1. The molecule has 2 aromatic carbocycles. The summed E-state index contributed by atoms with van der Waals surface area (Å²) in [4.78, 5) is 6.72. The molecule has 0 N–H and O–H groups in total. The molecule has 1 heterocycles. The van der Waals surface area contributed by atoms with Crippen LogP contribution in [0.3, 0.4) is 0 Å². The van der Waals surface area contributed by atoms with E-state index >= 15 is 0 Å². The molecule has 18 heavy (non-hydrogen) atoms. The third kappa shape index (κ3) is 1.87. The minimum absolute atomic E-state index is 1.04. The number of hydrogen-bond donors (Lipinski definition) is 0. The van der Waals surface area contributed by atoms with Crippen molar-refractivity contribution >= 4 is 27.2 Å². The first kappa shape index (κ1) is 11.2. The molecule has 0 amide bonds. The van der Waals surface area contributed by atoms with E-state index < -0.39 is 0 Å². The third-order valence-corrected chi connectivity index (χ3v) is 3.95. The van der Waals surface area contributed by atoms with Crippen LogP contribution in [0.5, 0.6) is 0 Å². The van der Waals surface area contributed by atoms with E-state index in [2.05, 4.69) is 52.8 Å². The van der Waals surface area contributed by atoms with Crippen molar-refractivity contribution in [3.63, 3.8) is 0 Å². The van der Waals surface area contributed by atoms with Gasteiger partial charge in [-0.15, -0.1) is 11.3 Å². The number of benzene rings is 2. The van der Waals surface area contributed by atoms with Crippen molar-refractivity contribution in [3.8, 4) is 11.3 Å². The van der Waals surface area contributed by atoms with Gasteiger partial charge in [0.25, 0.3) is 0 Å². The summed E-state index contributed by atoms with van der Waals surface area (Å²) in [5, 5.41) is 5.68. The lowest BCUT2D eigenvalue weighted by Gasteiger charge is -2.06. The number of thiazole rings is 1. The SMILES string of the molecule is CN(C)c1nc(-c2cccc3ccccc23)cs1. The number of rotatable bonds is 2. The Labute approximate surface area is 111 Å². The minimum atomic E-state index is 1.04. The van der Waals surface area contributed by atoms with E-state index in [1.54, 1.807) is 11.3 Å². The first-order valence-corrected chi connectivity index (χ1v) is 6.74. The van der Waals surface area contributed by atoms with Gasteiger partial charge in [-0.05, 0) is 10.8 Å². The maximum atomic E-state index is 4.67. The van der Waals surface area contributed by atoms with Crippen molar-refractivity contribution in [2.24, 2.45) is 0 Å². The van der Waals surface area contributed by atoms with Crippen LogP contribution in [0.15, 0.2) is 47.8 Å². The fourth-order valence-electron chi connectivity index (χ4n) is 2.04. The van der Waals surface area contributed by atoms with Gasteiger partial charge in [-0.25, -0.2) is 4.98 Å². The zero-order valence-electron chi connectivity index (χ0n) is 10.4. The fourth-order valence-corrected chi connectivity index (χ4v) is 2.80. The van der Waals surface area contributed by atoms with E-state index in [-0.39, 0.29) is 0 Å². The van der Waals surface area contributed by atoms with Crippen LogP contribution >= 0.6 is 11.3 Å². The van der Waals surface area contributed by atoms with Gasteiger partial charge in [-0.1, -0.05) is 42.5 Å². The Balaban J connectivity index is 2.18. The summed E-state index contributed by atoms with van der Waals surface area (Å²) in [6.45, 7) is 0. The molecule has 1 aromatic heterocycles. The summed E-state index contributed by atoms with van der Waals surface area (Å²) >= 11 is 1.68. The molecule has 3 heteroatoms. The first-order chi connectivity index (χ1) is 8.75. The Morgan fingerprint density at radius 1 is 1.00 bits per heavy atom. The quantitative estimate of drug-likeness (QED) is 0.686. The van der Waals surface area contributed by atoms with Gasteiger partial charge in [0.15, 0.2) is 5.13 Å². The molecule has 0 aliphatic rings. The van der Waals surface area contributed by atoms with Crippen LogP contribution in [0.2, 0.25) is 0 Å². The van der Waals surface area contributed by atoms with E-state index in [9.17, 15) is 0 Å². The zero-order chi connectivity index (χ0) is 12.5. The van der Waals surface area contributed by atoms with Gasteiger partial charge in [0.1, 0.15) is 0 Å². The maximum absolute atomic E-state index is 4.67. The number of aromatic nitrogens is 1. The van der Waals surface area contributed by atoms with Crippen LogP contribution in [0.4, 0.5) is 5.13 Å². The summed E-state index contributed by atoms with van der Waals surface area (Å²) in [5.41, 5.74) is 2.26. The minimum Gasteiger partial charge on any atom is -0.354 e. The Bertz CT molecular complexity index is 680. The van der Waals surface area contributed by atoms with E-state index in [0.717, 1.165) is 10.8 Å². The van der Waals surface area contributed by atoms with Crippen molar-refractivity contribution in [1.82, 2.24) is 4.98 Å². The highest BCUT2D eigenvalue weighted by Gasteiger charge is 2.08. The highest BCUT2D eigenvalue weighted by Crippen LogP contribution is 2.31. The van der Waals surface area contributed by atoms with Crippen LogP contribution in [-0.2, 0) is 0 Å². The maximum Gasteiger partial charge on any atom is 0.185 e. The molecule has 0 saturated carbocycles. The lowest BCUT2D eigenvalue weighted by molar-refractivity contribution is 1.11. The molecule has 3 aromatic rings. The summed E-state index contributed by atoms with van der Waals surface area (Å²) in [6.07, 6.45) is 0. The zero-order valence-corrected chi connectivity index (χ0v) is 11.2. The summed E-state index contributed by atoms with van der Waals surface area (Å²) in [5.74, 6) is 0. The van der Waals surface area contributed by atoms with E-state index in [0.29, 0.717) is 0 Å². The number of hydrogen-bond acceptors (Lipinski definition) is 3. The van der Waals surface area contributed by atoms with Crippen molar-refractivity contribution in [2.45, 2.75) is 0 Å². The molecule has 0 saturated heterocycles. The first-order valence-electron chi connectivity index (χ1n) is 5.87. The molecule has 0 fully saturated rings. The van der Waals surface area contributed by atoms with Gasteiger partial charge in [-0.3, -0.25) is 0 Å². The van der Waals surface area contributed by atoms with Crippen molar-refractivity contribution in [3.05, 3.63) is 47.8 Å². The molecule has 0 bridgehead atoms. The topological polar surface area (TPSA) is 16.1 Å². The smallest absolute Gasteiger partial charge is 0.185 e. The average molecular weight is 254 g/mol. The Morgan fingerprint density at radius 3 is 2.56 bits per heavy atom. The number of nitrogens with zero attached hydrogens (tertiary/aromatic N) is 2. The van der Waals surface area contributed by atoms with Gasteiger partial charge in [0.2, 0.25) is 0 Å². The highest BCUT2D eigenvalue weighted by molar-refractivity contribution is 7.14. The molecule has 90 valence electrons. The van der Waals surface area contributed by atoms with Gasteiger partial charge < -0.3 is 4.90 Å². The van der Waals surface area contributed by atoms with Crippen molar-refractivity contribution < 1.29 is 0 Å². The standard InChI is InChI=1S/C15H14N2S/c1-17(2)15-16-14(10-18-15)13-9-5-7-11-6-3-4-8-12(11)13/h3-10H,1-2H3. The van der Waals surface area contributed by atoms with Crippen LogP contribution in [-0.4, -0.2) is 19.1 Å². The van der Waals surface area contributed by atoms with Gasteiger partial charge >= 0.3 is 0 Å². The summed E-state index contributed by atoms with van der Waals surface area (Å²) in [7, 11) is 4.04. The average Bonchev–Trinajstić information content (AvgIpc) is 2.87. The van der Waals surface area contributed by atoms with Crippen molar-refractivity contribution in [2.75, 3.05) is 19.0 Å². The molecule has 0 aliphatic carbocycles. The monoisotopic (exact) mass is 254 g/mol. The molecule has 0 spiro atoms. The van der Waals surface area contributed by atoms with E-state index in [4.69, 9.17) is 0 Å². The third-order valence-electron chi connectivity index (χ3n) is 2.94. The van der Waals surface area contributed by atoms with E-state index in [1.807, 2.05) is 19.0 Å². The Kier molecular flexibility index (Phi) is 2.76. The Morgan fingerprint density at radius 2 is 1.78 bits per heavy atom. The van der Waals surface area contributed by atoms with E-state index in [1.165, 1.54) is 16.3 Å². The van der Waals surface area contributed by atoms with Crippen molar-refractivity contribution in [1.29, 1.82) is 0 Å². The number of anilines is 1. The lowest BCUT2D eigenvalue weighted by atomic mass is 10.0. The second kappa shape index (κ2) is 4.42. The second-order valence-corrected chi connectivity index (χ2v) is 5.27. The van der Waals surface area contributed by atoms with Gasteiger partial charge in [-0.2, -0.15) is 0 Å². The molecule has 0 unspecified atom stereocenters. The molecule has 0 radical (unpaired) electrons. The predicted molar refractivity (Wildman–Crippen MR) is 79.4 cm³/mol. The molecule has 0 aliphatic heterocycles. The molecule has 0 atom stereocenters. The fraction of sp³-hybridized carbons (Fsp3) is 0.133. The summed E-state index contributed by atoms with van der Waals surface area (Å²) in [6, 6.07) is 14.8. The highest BCUT2D eigenvalue weighted by atomic mass is 32.1. The lowest BCUT2D eigenvalue weighted by Crippen LogP contribution is -2.07. The molecule has 2 nitrogen and oxygen atoms in total. The van der Waals surface area contributed by atoms with Gasteiger partial charge in [0.05, 0.1) is 5.69 Å². The van der Waals surface area contributed by atoms with Gasteiger partial charge in [0, 0.05) is 25.0 Å². The van der Waals surface area contributed by atoms with Crippen LogP contribution in [0, 0.1) is 0 Å². The largest absolute Gasteiger partial charge is 0.354 e. The molecular formula is C15H14N2S. The second-order valence-electron chi connectivity index (χ2n) is 4.44. The predicted octanol–water partition coefficient (Wildman–Crippen LogP) is 4.03.